The van der Waals surface area contributed by atoms with Crippen molar-refractivity contribution in [2.75, 3.05) is 6.54 Å². The fraction of sp³-hybridized carbons (Fsp3) is 0.833. The number of nitrogens with one attached hydrogen (secondary N) is 1. The summed E-state index contributed by atoms with van der Waals surface area (Å²) in [6, 6.07) is 0. The van der Waals surface area contributed by atoms with Gasteiger partial charge in [0.2, 0.25) is 0 Å². The standard InChI is InChI=1S/C12H21ClN4/c1-9(2)7-17-12(15-8-16-17)6-14-5-10-3-11(13)4-10/h8-11,14H,3-7H2,1-2H3. The van der Waals surface area contributed by atoms with Crippen molar-refractivity contribution < 1.29 is 0 Å². The van der Waals surface area contributed by atoms with Crippen LogP contribution in [-0.2, 0) is 13.1 Å². The van der Waals surface area contributed by atoms with Gasteiger partial charge >= 0.3 is 0 Å². The molecule has 4 nitrogen and oxygen atoms in total. The summed E-state index contributed by atoms with van der Waals surface area (Å²) < 4.78 is 1.99. The average molecular weight is 257 g/mol. The summed E-state index contributed by atoms with van der Waals surface area (Å²) in [7, 11) is 0. The van der Waals surface area contributed by atoms with E-state index in [1.54, 1.807) is 6.33 Å². The molecule has 0 spiro atoms. The molecule has 1 fully saturated rings. The molecule has 1 N–H and O–H groups in total. The Hall–Kier alpha value is -0.610. The molecule has 1 aliphatic carbocycles. The number of rotatable bonds is 6. The van der Waals surface area contributed by atoms with Crippen molar-refractivity contribution >= 4 is 11.6 Å². The molecule has 0 amide bonds. The zero-order valence-electron chi connectivity index (χ0n) is 10.6. The first kappa shape index (κ1) is 12.8. The third-order valence-electron chi connectivity index (χ3n) is 3.13. The largest absolute Gasteiger partial charge is 0.310 e. The average Bonchev–Trinajstić information content (AvgIpc) is 2.62. The second-order valence-electron chi connectivity index (χ2n) is 5.32. The van der Waals surface area contributed by atoms with Crippen molar-refractivity contribution in [2.24, 2.45) is 11.8 Å². The molecule has 0 unspecified atom stereocenters. The van der Waals surface area contributed by atoms with Crippen LogP contribution in [0.15, 0.2) is 6.33 Å². The van der Waals surface area contributed by atoms with E-state index in [9.17, 15) is 0 Å². The van der Waals surface area contributed by atoms with Crippen molar-refractivity contribution in [1.29, 1.82) is 0 Å². The summed E-state index contributed by atoms with van der Waals surface area (Å²) in [5.74, 6) is 2.37. The zero-order valence-corrected chi connectivity index (χ0v) is 11.3. The van der Waals surface area contributed by atoms with Gasteiger partial charge in [-0.3, -0.25) is 0 Å². The number of halogens is 1. The highest BCUT2D eigenvalue weighted by atomic mass is 35.5. The molecule has 17 heavy (non-hydrogen) atoms. The van der Waals surface area contributed by atoms with Crippen LogP contribution in [0.25, 0.3) is 0 Å². The Balaban J connectivity index is 1.73. The molecule has 1 aliphatic rings. The first-order valence-corrected chi connectivity index (χ1v) is 6.80. The van der Waals surface area contributed by atoms with Crippen molar-refractivity contribution in [3.63, 3.8) is 0 Å². The molecule has 5 heteroatoms. The van der Waals surface area contributed by atoms with E-state index in [1.165, 1.54) is 0 Å². The van der Waals surface area contributed by atoms with Gasteiger partial charge in [-0.1, -0.05) is 13.8 Å². The second kappa shape index (κ2) is 5.83. The molecule has 1 aromatic heterocycles. The lowest BCUT2D eigenvalue weighted by atomic mass is 9.85. The Morgan fingerprint density at radius 1 is 1.53 bits per heavy atom. The Bertz CT molecular complexity index is 344. The van der Waals surface area contributed by atoms with Gasteiger partial charge in [0.1, 0.15) is 12.2 Å². The molecule has 2 rings (SSSR count). The predicted molar refractivity (Wildman–Crippen MR) is 68.9 cm³/mol. The van der Waals surface area contributed by atoms with Gasteiger partial charge < -0.3 is 5.32 Å². The topological polar surface area (TPSA) is 42.7 Å². The van der Waals surface area contributed by atoms with Crippen LogP contribution in [0.5, 0.6) is 0 Å². The Morgan fingerprint density at radius 2 is 2.29 bits per heavy atom. The quantitative estimate of drug-likeness (QED) is 0.792. The van der Waals surface area contributed by atoms with E-state index in [-0.39, 0.29) is 0 Å². The van der Waals surface area contributed by atoms with Crippen LogP contribution in [0.1, 0.15) is 32.5 Å². The van der Waals surface area contributed by atoms with E-state index in [0.717, 1.165) is 44.2 Å². The molecule has 0 bridgehead atoms. The molecule has 0 aliphatic heterocycles. The van der Waals surface area contributed by atoms with Gasteiger partial charge in [-0.2, -0.15) is 5.10 Å². The molecule has 0 aromatic carbocycles. The second-order valence-corrected chi connectivity index (χ2v) is 5.94. The molecular formula is C12H21ClN4. The van der Waals surface area contributed by atoms with E-state index in [4.69, 9.17) is 11.6 Å². The third kappa shape index (κ3) is 3.68. The molecule has 0 saturated heterocycles. The normalized spacial score (nSPS) is 24.0. The maximum absolute atomic E-state index is 5.95. The minimum atomic E-state index is 0.409. The van der Waals surface area contributed by atoms with Gasteiger partial charge in [0.15, 0.2) is 0 Å². The lowest BCUT2D eigenvalue weighted by molar-refractivity contribution is 0.306. The van der Waals surface area contributed by atoms with E-state index in [2.05, 4.69) is 29.2 Å². The van der Waals surface area contributed by atoms with Crippen LogP contribution in [-0.4, -0.2) is 26.7 Å². The maximum atomic E-state index is 5.95. The van der Waals surface area contributed by atoms with Crippen LogP contribution in [0, 0.1) is 11.8 Å². The SMILES string of the molecule is CC(C)Cn1ncnc1CNCC1CC(Cl)C1. The van der Waals surface area contributed by atoms with Crippen LogP contribution in [0.4, 0.5) is 0 Å². The van der Waals surface area contributed by atoms with Crippen molar-refractivity contribution in [1.82, 2.24) is 20.1 Å². The fourth-order valence-electron chi connectivity index (χ4n) is 2.13. The number of hydrogen-bond donors (Lipinski definition) is 1. The van der Waals surface area contributed by atoms with Crippen molar-refractivity contribution in [3.05, 3.63) is 12.2 Å². The van der Waals surface area contributed by atoms with Crippen LogP contribution in [0.2, 0.25) is 0 Å². The summed E-state index contributed by atoms with van der Waals surface area (Å²) in [5, 5.41) is 8.10. The van der Waals surface area contributed by atoms with Gasteiger partial charge in [-0.15, -0.1) is 11.6 Å². The molecular weight excluding hydrogens is 236 g/mol. The Labute approximate surface area is 108 Å². The summed E-state index contributed by atoms with van der Waals surface area (Å²) in [6.45, 7) is 7.15. The number of hydrogen-bond acceptors (Lipinski definition) is 3. The molecule has 0 atom stereocenters. The number of nitrogens with zero attached hydrogens (tertiary/aromatic N) is 3. The number of aromatic nitrogens is 3. The zero-order chi connectivity index (χ0) is 12.3. The third-order valence-corrected chi connectivity index (χ3v) is 3.48. The Kier molecular flexibility index (Phi) is 4.40. The van der Waals surface area contributed by atoms with Crippen molar-refractivity contribution in [2.45, 2.75) is 45.2 Å². The van der Waals surface area contributed by atoms with Crippen LogP contribution < -0.4 is 5.32 Å². The van der Waals surface area contributed by atoms with E-state index in [0.29, 0.717) is 11.3 Å². The maximum Gasteiger partial charge on any atom is 0.140 e. The predicted octanol–water partition coefficient (Wildman–Crippen LogP) is 2.04. The van der Waals surface area contributed by atoms with Gasteiger partial charge in [-0.05, 0) is 31.2 Å². The molecule has 1 saturated carbocycles. The molecule has 0 radical (unpaired) electrons. The fourth-order valence-corrected chi connectivity index (χ4v) is 2.64. The highest BCUT2D eigenvalue weighted by Gasteiger charge is 2.26. The highest BCUT2D eigenvalue weighted by molar-refractivity contribution is 6.21. The molecule has 96 valence electrons. The smallest absolute Gasteiger partial charge is 0.140 e. The monoisotopic (exact) mass is 256 g/mol. The summed E-state index contributed by atoms with van der Waals surface area (Å²) in [4.78, 5) is 4.29. The first-order valence-electron chi connectivity index (χ1n) is 6.36. The lowest BCUT2D eigenvalue weighted by Gasteiger charge is -2.30. The van der Waals surface area contributed by atoms with E-state index < -0.39 is 0 Å². The summed E-state index contributed by atoms with van der Waals surface area (Å²) >= 11 is 5.95. The summed E-state index contributed by atoms with van der Waals surface area (Å²) in [6.07, 6.45) is 3.93. The van der Waals surface area contributed by atoms with Gasteiger partial charge in [0, 0.05) is 11.9 Å². The number of alkyl halides is 1. The van der Waals surface area contributed by atoms with E-state index in [1.807, 2.05) is 4.68 Å². The molecule has 1 aromatic rings. The van der Waals surface area contributed by atoms with Crippen LogP contribution in [0.3, 0.4) is 0 Å². The summed E-state index contributed by atoms with van der Waals surface area (Å²) in [5.41, 5.74) is 0. The van der Waals surface area contributed by atoms with Crippen molar-refractivity contribution in [3.8, 4) is 0 Å². The minimum absolute atomic E-state index is 0.409. The van der Waals surface area contributed by atoms with Crippen LogP contribution >= 0.6 is 11.6 Å². The van der Waals surface area contributed by atoms with E-state index >= 15 is 0 Å². The lowest BCUT2D eigenvalue weighted by Crippen LogP contribution is -2.33. The first-order chi connectivity index (χ1) is 8.15. The minimum Gasteiger partial charge on any atom is -0.310 e. The highest BCUT2D eigenvalue weighted by Crippen LogP contribution is 2.31. The van der Waals surface area contributed by atoms with Gasteiger partial charge in [0.25, 0.3) is 0 Å². The molecule has 1 heterocycles. The van der Waals surface area contributed by atoms with Gasteiger partial charge in [-0.25, -0.2) is 9.67 Å². The van der Waals surface area contributed by atoms with Gasteiger partial charge in [0.05, 0.1) is 6.54 Å². The Morgan fingerprint density at radius 3 is 2.94 bits per heavy atom.